The average molecular weight is 338 g/mol. The number of rotatable bonds is 6. The normalized spacial score (nSPS) is 17.8. The van der Waals surface area contributed by atoms with Gasteiger partial charge in [0.25, 0.3) is 0 Å². The van der Waals surface area contributed by atoms with Crippen molar-refractivity contribution in [3.05, 3.63) is 54.2 Å². The van der Waals surface area contributed by atoms with E-state index in [-0.39, 0.29) is 6.23 Å². The predicted molar refractivity (Wildman–Crippen MR) is 94.0 cm³/mol. The third-order valence-electron chi connectivity index (χ3n) is 4.50. The van der Waals surface area contributed by atoms with Gasteiger partial charge in [0.2, 0.25) is 0 Å². The van der Waals surface area contributed by atoms with Crippen LogP contribution in [0.3, 0.4) is 0 Å². The maximum absolute atomic E-state index is 5.86. The Kier molecular flexibility index (Phi) is 4.99. The third-order valence-corrected chi connectivity index (χ3v) is 4.50. The molecule has 0 N–H and O–H groups in total. The molecule has 0 saturated carbocycles. The summed E-state index contributed by atoms with van der Waals surface area (Å²) >= 11 is 0. The fourth-order valence-electron chi connectivity index (χ4n) is 3.17. The van der Waals surface area contributed by atoms with Gasteiger partial charge < -0.3 is 9.47 Å². The van der Waals surface area contributed by atoms with Crippen molar-refractivity contribution in [2.75, 3.05) is 13.2 Å². The molecule has 1 atom stereocenters. The minimum absolute atomic E-state index is 0.0378. The van der Waals surface area contributed by atoms with Crippen molar-refractivity contribution in [1.82, 2.24) is 19.5 Å². The van der Waals surface area contributed by atoms with Crippen LogP contribution in [0.1, 0.15) is 36.7 Å². The maximum Gasteiger partial charge on any atom is 0.165 e. The van der Waals surface area contributed by atoms with E-state index in [0.717, 1.165) is 36.3 Å². The zero-order valence-corrected chi connectivity index (χ0v) is 14.2. The Morgan fingerprint density at radius 1 is 1.12 bits per heavy atom. The lowest BCUT2D eigenvalue weighted by Crippen LogP contribution is -2.17. The van der Waals surface area contributed by atoms with E-state index in [1.54, 1.807) is 6.33 Å². The Bertz CT molecular complexity index is 813. The third kappa shape index (κ3) is 3.70. The molecule has 1 unspecified atom stereocenters. The van der Waals surface area contributed by atoms with Gasteiger partial charge in [-0.3, -0.25) is 4.57 Å². The van der Waals surface area contributed by atoms with Crippen molar-refractivity contribution in [1.29, 1.82) is 0 Å². The first-order valence-electron chi connectivity index (χ1n) is 8.81. The fraction of sp³-hybridized carbons (Fsp3) is 0.421. The summed E-state index contributed by atoms with van der Waals surface area (Å²) in [4.78, 5) is 13.4. The van der Waals surface area contributed by atoms with Crippen LogP contribution in [-0.2, 0) is 22.5 Å². The first kappa shape index (κ1) is 16.2. The molecule has 0 amide bonds. The molecule has 0 radical (unpaired) electrons. The quantitative estimate of drug-likeness (QED) is 0.646. The zero-order valence-electron chi connectivity index (χ0n) is 14.2. The lowest BCUT2D eigenvalue weighted by Gasteiger charge is -2.23. The van der Waals surface area contributed by atoms with E-state index in [1.807, 2.05) is 29.1 Å². The van der Waals surface area contributed by atoms with Gasteiger partial charge in [-0.1, -0.05) is 30.3 Å². The fourth-order valence-corrected chi connectivity index (χ4v) is 3.17. The van der Waals surface area contributed by atoms with Gasteiger partial charge in [0.05, 0.1) is 25.2 Å². The van der Waals surface area contributed by atoms with Crippen LogP contribution in [0.15, 0.2) is 43.0 Å². The highest BCUT2D eigenvalue weighted by Gasteiger charge is 2.19. The van der Waals surface area contributed by atoms with Crippen LogP contribution >= 0.6 is 0 Å². The Morgan fingerprint density at radius 2 is 2.04 bits per heavy atom. The molecular formula is C19H22N4O2. The van der Waals surface area contributed by atoms with Gasteiger partial charge in [-0.15, -0.1) is 0 Å². The monoisotopic (exact) mass is 338 g/mol. The maximum atomic E-state index is 5.86. The van der Waals surface area contributed by atoms with Crippen molar-refractivity contribution in [2.45, 2.75) is 38.5 Å². The number of fused-ring (bicyclic) bond motifs is 1. The number of imidazole rings is 1. The molecule has 3 heterocycles. The highest BCUT2D eigenvalue weighted by atomic mass is 16.5. The van der Waals surface area contributed by atoms with Gasteiger partial charge in [-0.25, -0.2) is 15.0 Å². The molecule has 2 aromatic heterocycles. The van der Waals surface area contributed by atoms with Crippen molar-refractivity contribution in [3.63, 3.8) is 0 Å². The SMILES string of the molecule is c1ccc(COCCc2ncnc3c2ncn3C2CCCCO2)cc1. The molecule has 4 rings (SSSR count). The summed E-state index contributed by atoms with van der Waals surface area (Å²) in [5.74, 6) is 0. The summed E-state index contributed by atoms with van der Waals surface area (Å²) < 4.78 is 13.7. The minimum Gasteiger partial charge on any atom is -0.376 e. The molecule has 0 aliphatic carbocycles. The molecule has 25 heavy (non-hydrogen) atoms. The Hall–Kier alpha value is -2.31. The Labute approximate surface area is 146 Å². The van der Waals surface area contributed by atoms with Crippen molar-refractivity contribution < 1.29 is 9.47 Å². The van der Waals surface area contributed by atoms with Crippen LogP contribution < -0.4 is 0 Å². The Balaban J connectivity index is 1.42. The number of aromatic nitrogens is 4. The predicted octanol–water partition coefficient (Wildman–Crippen LogP) is 3.28. The molecule has 1 aliphatic heterocycles. The number of nitrogens with zero attached hydrogens (tertiary/aromatic N) is 4. The summed E-state index contributed by atoms with van der Waals surface area (Å²) in [6, 6.07) is 10.2. The van der Waals surface area contributed by atoms with E-state index in [9.17, 15) is 0 Å². The standard InChI is InChI=1S/C19H22N4O2/c1-2-6-15(7-3-1)12-24-11-9-16-18-19(21-13-20-16)23(14-22-18)17-8-4-5-10-25-17/h1-3,6-7,13-14,17H,4-5,8-12H2. The molecule has 1 saturated heterocycles. The molecule has 130 valence electrons. The second-order valence-corrected chi connectivity index (χ2v) is 6.25. The van der Waals surface area contributed by atoms with Crippen molar-refractivity contribution in [3.8, 4) is 0 Å². The topological polar surface area (TPSA) is 62.1 Å². The van der Waals surface area contributed by atoms with E-state index in [0.29, 0.717) is 19.6 Å². The van der Waals surface area contributed by atoms with E-state index in [2.05, 4.69) is 27.1 Å². The van der Waals surface area contributed by atoms with Crippen LogP contribution in [0.25, 0.3) is 11.2 Å². The van der Waals surface area contributed by atoms with Gasteiger partial charge in [-0.2, -0.15) is 0 Å². The summed E-state index contributed by atoms with van der Waals surface area (Å²) in [7, 11) is 0. The minimum atomic E-state index is 0.0378. The van der Waals surface area contributed by atoms with Crippen molar-refractivity contribution >= 4 is 11.2 Å². The van der Waals surface area contributed by atoms with Crippen LogP contribution in [0.4, 0.5) is 0 Å². The molecule has 1 aromatic carbocycles. The second-order valence-electron chi connectivity index (χ2n) is 6.25. The largest absolute Gasteiger partial charge is 0.376 e. The molecule has 1 fully saturated rings. The highest BCUT2D eigenvalue weighted by Crippen LogP contribution is 2.26. The van der Waals surface area contributed by atoms with Crippen LogP contribution in [0.5, 0.6) is 0 Å². The smallest absolute Gasteiger partial charge is 0.165 e. The molecule has 6 heteroatoms. The van der Waals surface area contributed by atoms with E-state index >= 15 is 0 Å². The van der Waals surface area contributed by atoms with Crippen LogP contribution in [-0.4, -0.2) is 32.7 Å². The highest BCUT2D eigenvalue weighted by molar-refractivity contribution is 5.73. The number of hydrogen-bond donors (Lipinski definition) is 0. The average Bonchev–Trinajstić information content (AvgIpc) is 3.12. The summed E-state index contributed by atoms with van der Waals surface area (Å²) in [6.45, 7) is 2.02. The molecule has 1 aliphatic rings. The summed E-state index contributed by atoms with van der Waals surface area (Å²) in [5, 5.41) is 0. The van der Waals surface area contributed by atoms with E-state index < -0.39 is 0 Å². The van der Waals surface area contributed by atoms with Gasteiger partial charge in [0, 0.05) is 13.0 Å². The van der Waals surface area contributed by atoms with Gasteiger partial charge >= 0.3 is 0 Å². The molecule has 3 aromatic rings. The number of benzene rings is 1. The second kappa shape index (κ2) is 7.72. The van der Waals surface area contributed by atoms with Gasteiger partial charge in [0.1, 0.15) is 18.1 Å². The summed E-state index contributed by atoms with van der Waals surface area (Å²) in [6.07, 6.45) is 7.49. The van der Waals surface area contributed by atoms with Crippen LogP contribution in [0.2, 0.25) is 0 Å². The van der Waals surface area contributed by atoms with Crippen molar-refractivity contribution in [2.24, 2.45) is 0 Å². The van der Waals surface area contributed by atoms with Gasteiger partial charge in [0.15, 0.2) is 5.65 Å². The number of ether oxygens (including phenoxy) is 2. The molecule has 6 nitrogen and oxygen atoms in total. The zero-order chi connectivity index (χ0) is 16.9. The lowest BCUT2D eigenvalue weighted by atomic mass is 10.2. The summed E-state index contributed by atoms with van der Waals surface area (Å²) in [5.41, 5.74) is 3.79. The Morgan fingerprint density at radius 3 is 2.88 bits per heavy atom. The van der Waals surface area contributed by atoms with Gasteiger partial charge in [-0.05, 0) is 24.8 Å². The first-order chi connectivity index (χ1) is 12.4. The first-order valence-corrected chi connectivity index (χ1v) is 8.81. The van der Waals surface area contributed by atoms with Crippen LogP contribution in [0, 0.1) is 0 Å². The van der Waals surface area contributed by atoms with E-state index in [1.165, 1.54) is 12.0 Å². The lowest BCUT2D eigenvalue weighted by molar-refractivity contribution is -0.0298. The number of hydrogen-bond acceptors (Lipinski definition) is 5. The molecule has 0 spiro atoms. The molecule has 0 bridgehead atoms. The van der Waals surface area contributed by atoms with E-state index in [4.69, 9.17) is 9.47 Å². The molecular weight excluding hydrogens is 316 g/mol.